The van der Waals surface area contributed by atoms with Gasteiger partial charge in [-0.25, -0.2) is 4.98 Å². The Balaban J connectivity index is 2.15. The van der Waals surface area contributed by atoms with Crippen molar-refractivity contribution in [3.63, 3.8) is 0 Å². The van der Waals surface area contributed by atoms with E-state index in [1.165, 1.54) is 0 Å². The highest BCUT2D eigenvalue weighted by molar-refractivity contribution is 5.90. The number of carbonyl (C=O) groups is 1. The fourth-order valence-corrected chi connectivity index (χ4v) is 2.99. The van der Waals surface area contributed by atoms with Crippen LogP contribution in [0.2, 0.25) is 0 Å². The van der Waals surface area contributed by atoms with Crippen molar-refractivity contribution in [1.82, 2.24) is 20.1 Å². The van der Waals surface area contributed by atoms with Crippen molar-refractivity contribution in [3.8, 4) is 0 Å². The van der Waals surface area contributed by atoms with Gasteiger partial charge >= 0.3 is 0 Å². The Kier molecular flexibility index (Phi) is 4.75. The maximum Gasteiger partial charge on any atom is 0.293 e. The lowest BCUT2D eigenvalue weighted by atomic mass is 10.0. The summed E-state index contributed by atoms with van der Waals surface area (Å²) in [6, 6.07) is 0.235. The predicted molar refractivity (Wildman–Crippen MR) is 77.4 cm³/mol. The first-order valence-electron chi connectivity index (χ1n) is 7.51. The number of nitrogens with one attached hydrogen (secondary N) is 1. The van der Waals surface area contributed by atoms with Crippen LogP contribution in [0, 0.1) is 5.92 Å². The monoisotopic (exact) mass is 279 g/mol. The van der Waals surface area contributed by atoms with Crippen molar-refractivity contribution in [2.45, 2.75) is 52.0 Å². The van der Waals surface area contributed by atoms with Gasteiger partial charge in [0.1, 0.15) is 5.82 Å². The van der Waals surface area contributed by atoms with Crippen LogP contribution in [0.1, 0.15) is 62.4 Å². The van der Waals surface area contributed by atoms with Crippen LogP contribution < -0.4 is 5.73 Å². The van der Waals surface area contributed by atoms with Crippen molar-refractivity contribution < 1.29 is 4.79 Å². The van der Waals surface area contributed by atoms with Crippen molar-refractivity contribution in [3.05, 3.63) is 11.6 Å². The summed E-state index contributed by atoms with van der Waals surface area (Å²) < 4.78 is 0. The lowest BCUT2D eigenvalue weighted by molar-refractivity contribution is 0.0639. The molecule has 1 amide bonds. The van der Waals surface area contributed by atoms with Crippen molar-refractivity contribution in [2.24, 2.45) is 11.7 Å². The number of carbonyl (C=O) groups excluding carboxylic acids is 1. The molecule has 2 rings (SSSR count). The van der Waals surface area contributed by atoms with Gasteiger partial charge in [-0.15, -0.1) is 5.10 Å². The largest absolute Gasteiger partial charge is 0.333 e. The summed E-state index contributed by atoms with van der Waals surface area (Å²) in [4.78, 5) is 18.8. The SMILES string of the molecule is CCN(C(=O)c1n[nH]c(C(C)C)n1)C1CCCC1CN. The molecular weight excluding hydrogens is 254 g/mol. The van der Waals surface area contributed by atoms with Gasteiger partial charge in [0.05, 0.1) is 0 Å². The summed E-state index contributed by atoms with van der Waals surface area (Å²) in [5.74, 6) is 1.59. The quantitative estimate of drug-likeness (QED) is 0.855. The lowest BCUT2D eigenvalue weighted by Gasteiger charge is -2.30. The molecule has 1 aromatic rings. The van der Waals surface area contributed by atoms with E-state index >= 15 is 0 Å². The Labute approximate surface area is 120 Å². The molecule has 3 N–H and O–H groups in total. The molecule has 0 spiro atoms. The molecule has 0 saturated heterocycles. The zero-order chi connectivity index (χ0) is 14.7. The molecule has 1 aliphatic rings. The van der Waals surface area contributed by atoms with E-state index in [-0.39, 0.29) is 23.7 Å². The zero-order valence-electron chi connectivity index (χ0n) is 12.6. The van der Waals surface area contributed by atoms with E-state index in [1.54, 1.807) is 0 Å². The summed E-state index contributed by atoms with van der Waals surface area (Å²) in [5.41, 5.74) is 5.82. The molecule has 1 aliphatic carbocycles. The molecule has 20 heavy (non-hydrogen) atoms. The third-order valence-corrected chi connectivity index (χ3v) is 4.16. The topological polar surface area (TPSA) is 87.9 Å². The van der Waals surface area contributed by atoms with E-state index in [0.717, 1.165) is 25.1 Å². The standard InChI is InChI=1S/C14H25N5O/c1-4-19(11-7-5-6-10(11)8-15)14(20)13-16-12(9(2)3)17-18-13/h9-11H,4-8,15H2,1-3H3,(H,16,17,18). The normalized spacial score (nSPS) is 22.4. The minimum atomic E-state index is -0.0824. The number of aromatic nitrogens is 3. The third-order valence-electron chi connectivity index (χ3n) is 4.16. The summed E-state index contributed by atoms with van der Waals surface area (Å²) >= 11 is 0. The first-order chi connectivity index (χ1) is 9.58. The van der Waals surface area contributed by atoms with Crippen LogP contribution >= 0.6 is 0 Å². The van der Waals surface area contributed by atoms with Crippen LogP contribution in [0.15, 0.2) is 0 Å². The third kappa shape index (κ3) is 2.85. The molecular formula is C14H25N5O. The zero-order valence-corrected chi connectivity index (χ0v) is 12.6. The van der Waals surface area contributed by atoms with Crippen LogP contribution in [0.4, 0.5) is 0 Å². The number of aromatic amines is 1. The highest BCUT2D eigenvalue weighted by Crippen LogP contribution is 2.29. The van der Waals surface area contributed by atoms with Gasteiger partial charge in [-0.2, -0.15) is 0 Å². The van der Waals surface area contributed by atoms with Gasteiger partial charge in [-0.05, 0) is 32.2 Å². The lowest BCUT2D eigenvalue weighted by Crippen LogP contribution is -2.44. The Morgan fingerprint density at radius 1 is 1.50 bits per heavy atom. The van der Waals surface area contributed by atoms with Crippen molar-refractivity contribution >= 4 is 5.91 Å². The molecule has 0 radical (unpaired) electrons. The first-order valence-corrected chi connectivity index (χ1v) is 7.51. The van der Waals surface area contributed by atoms with Crippen LogP contribution in [-0.2, 0) is 0 Å². The Morgan fingerprint density at radius 3 is 2.80 bits per heavy atom. The molecule has 0 aliphatic heterocycles. The molecule has 1 heterocycles. The van der Waals surface area contributed by atoms with Gasteiger partial charge in [-0.3, -0.25) is 9.89 Å². The van der Waals surface area contributed by atoms with E-state index in [0.29, 0.717) is 19.0 Å². The Morgan fingerprint density at radius 2 is 2.25 bits per heavy atom. The van der Waals surface area contributed by atoms with Gasteiger partial charge in [0.25, 0.3) is 5.91 Å². The Hall–Kier alpha value is -1.43. The number of hydrogen-bond donors (Lipinski definition) is 2. The van der Waals surface area contributed by atoms with E-state index in [9.17, 15) is 4.79 Å². The van der Waals surface area contributed by atoms with Crippen LogP contribution in [-0.4, -0.2) is 45.1 Å². The van der Waals surface area contributed by atoms with Crippen LogP contribution in [0.25, 0.3) is 0 Å². The highest BCUT2D eigenvalue weighted by atomic mass is 16.2. The van der Waals surface area contributed by atoms with Gasteiger partial charge < -0.3 is 10.6 Å². The van der Waals surface area contributed by atoms with Crippen molar-refractivity contribution in [2.75, 3.05) is 13.1 Å². The maximum atomic E-state index is 12.6. The Bertz CT molecular complexity index is 456. The molecule has 6 nitrogen and oxygen atoms in total. The first kappa shape index (κ1) is 15.0. The predicted octanol–water partition coefficient (Wildman–Crippen LogP) is 1.52. The minimum Gasteiger partial charge on any atom is -0.333 e. The van der Waals surface area contributed by atoms with Gasteiger partial charge in [-0.1, -0.05) is 20.3 Å². The van der Waals surface area contributed by atoms with E-state index in [1.807, 2.05) is 25.7 Å². The second-order valence-corrected chi connectivity index (χ2v) is 5.78. The average Bonchev–Trinajstić information content (AvgIpc) is 3.08. The second-order valence-electron chi connectivity index (χ2n) is 5.78. The molecule has 0 bridgehead atoms. The molecule has 1 aromatic heterocycles. The van der Waals surface area contributed by atoms with E-state index < -0.39 is 0 Å². The minimum absolute atomic E-state index is 0.0824. The number of H-pyrrole nitrogens is 1. The smallest absolute Gasteiger partial charge is 0.293 e. The van der Waals surface area contributed by atoms with Crippen LogP contribution in [0.3, 0.4) is 0 Å². The molecule has 2 atom stereocenters. The second kappa shape index (κ2) is 6.35. The van der Waals surface area contributed by atoms with Crippen molar-refractivity contribution in [1.29, 1.82) is 0 Å². The highest BCUT2D eigenvalue weighted by Gasteiger charge is 2.34. The summed E-state index contributed by atoms with van der Waals surface area (Å²) in [6.45, 7) is 7.35. The fraction of sp³-hybridized carbons (Fsp3) is 0.786. The summed E-state index contributed by atoms with van der Waals surface area (Å²) in [5, 5.41) is 6.92. The molecule has 1 fully saturated rings. The number of rotatable bonds is 5. The van der Waals surface area contributed by atoms with Gasteiger partial charge in [0, 0.05) is 18.5 Å². The van der Waals surface area contributed by atoms with Crippen LogP contribution in [0.5, 0.6) is 0 Å². The van der Waals surface area contributed by atoms with Gasteiger partial charge in [0.2, 0.25) is 5.82 Å². The molecule has 0 aromatic carbocycles. The van der Waals surface area contributed by atoms with E-state index in [4.69, 9.17) is 5.73 Å². The molecule has 1 saturated carbocycles. The maximum absolute atomic E-state index is 12.6. The number of hydrogen-bond acceptors (Lipinski definition) is 4. The molecule has 112 valence electrons. The molecule has 6 heteroatoms. The fourth-order valence-electron chi connectivity index (χ4n) is 2.99. The summed E-state index contributed by atoms with van der Waals surface area (Å²) in [6.07, 6.45) is 3.28. The van der Waals surface area contributed by atoms with Gasteiger partial charge in [0.15, 0.2) is 0 Å². The average molecular weight is 279 g/mol. The van der Waals surface area contributed by atoms with E-state index in [2.05, 4.69) is 15.2 Å². The number of nitrogens with zero attached hydrogens (tertiary/aromatic N) is 3. The summed E-state index contributed by atoms with van der Waals surface area (Å²) in [7, 11) is 0. The molecule has 2 unspecified atom stereocenters. The number of amides is 1. The number of nitrogens with two attached hydrogens (primary N) is 1.